The number of nitrogens with one attached hydrogen (secondary N) is 2. The first kappa shape index (κ1) is 27.4. The first-order valence-corrected chi connectivity index (χ1v) is 12.1. The van der Waals surface area contributed by atoms with Gasteiger partial charge in [-0.25, -0.2) is 19.2 Å². The number of amides is 2. The monoisotopic (exact) mass is 572 g/mol. The van der Waals surface area contributed by atoms with Gasteiger partial charge in [0.2, 0.25) is 0 Å². The van der Waals surface area contributed by atoms with E-state index < -0.39 is 35.4 Å². The summed E-state index contributed by atoms with van der Waals surface area (Å²) in [7, 11) is 1.49. The Morgan fingerprint density at radius 2 is 1.80 bits per heavy atom. The Balaban J connectivity index is 1.23. The molecule has 1 aliphatic rings. The van der Waals surface area contributed by atoms with Gasteiger partial charge in [-0.1, -0.05) is 12.1 Å². The molecule has 41 heavy (non-hydrogen) atoms. The summed E-state index contributed by atoms with van der Waals surface area (Å²) in [5, 5.41) is 12.9. The Labute approximate surface area is 228 Å². The Morgan fingerprint density at radius 3 is 2.51 bits per heavy atom. The number of rotatable bonds is 7. The van der Waals surface area contributed by atoms with Crippen molar-refractivity contribution in [3.05, 3.63) is 93.2 Å². The van der Waals surface area contributed by atoms with E-state index in [1.165, 1.54) is 23.9 Å². The standard InChI is InChI=1S/C25H20F4N8O4/c1-36-24(40)37(35-34-36)15-4-5-16-14(9-15)3-7-18(16)33-23(39)20-10-19(31-12-32-20)22(38)30-11-13-2-6-17(26)21(8-13)41-25(27,28)29/h2,4-6,8-10,12,18H,3,7,11H2,1H3,(H,30,38)(H,33,39)/t18-/m0/s1. The highest BCUT2D eigenvalue weighted by atomic mass is 19.4. The molecule has 0 fully saturated rings. The molecule has 2 amide bonds. The zero-order valence-corrected chi connectivity index (χ0v) is 21.1. The van der Waals surface area contributed by atoms with E-state index in [2.05, 4.69) is 35.8 Å². The second-order valence-electron chi connectivity index (χ2n) is 9.03. The zero-order valence-electron chi connectivity index (χ0n) is 21.1. The number of ether oxygens (including phenoxy) is 1. The summed E-state index contributed by atoms with van der Waals surface area (Å²) in [6, 6.07) is 8.92. The maximum atomic E-state index is 13.6. The molecule has 1 atom stereocenters. The van der Waals surface area contributed by atoms with Gasteiger partial charge in [0, 0.05) is 19.7 Å². The fourth-order valence-electron chi connectivity index (χ4n) is 4.33. The van der Waals surface area contributed by atoms with Crippen LogP contribution < -0.4 is 21.1 Å². The number of benzene rings is 2. The number of carbonyl (C=O) groups excluding carboxylic acids is 2. The van der Waals surface area contributed by atoms with E-state index >= 15 is 0 Å². The molecule has 0 radical (unpaired) electrons. The molecule has 1 aliphatic carbocycles. The lowest BCUT2D eigenvalue weighted by Crippen LogP contribution is -2.29. The number of aryl methyl sites for hydroxylation is 2. The zero-order chi connectivity index (χ0) is 29.3. The van der Waals surface area contributed by atoms with Crippen LogP contribution in [0.15, 0.2) is 53.6 Å². The summed E-state index contributed by atoms with van der Waals surface area (Å²) in [5.74, 6) is -3.53. The van der Waals surface area contributed by atoms with E-state index in [0.717, 1.165) is 34.3 Å². The van der Waals surface area contributed by atoms with Crippen molar-refractivity contribution in [1.82, 2.24) is 40.4 Å². The van der Waals surface area contributed by atoms with E-state index in [9.17, 15) is 31.9 Å². The van der Waals surface area contributed by atoms with Gasteiger partial charge in [-0.2, -0.15) is 9.36 Å². The second-order valence-corrected chi connectivity index (χ2v) is 9.03. The third-order valence-electron chi connectivity index (χ3n) is 6.28. The van der Waals surface area contributed by atoms with Crippen LogP contribution in [0.3, 0.4) is 0 Å². The normalized spacial score (nSPS) is 14.4. The first-order chi connectivity index (χ1) is 19.5. The average molecular weight is 572 g/mol. The van der Waals surface area contributed by atoms with Gasteiger partial charge in [-0.15, -0.1) is 13.2 Å². The third-order valence-corrected chi connectivity index (χ3v) is 6.28. The van der Waals surface area contributed by atoms with E-state index in [1.54, 1.807) is 12.1 Å². The lowest BCUT2D eigenvalue weighted by Gasteiger charge is -2.14. The summed E-state index contributed by atoms with van der Waals surface area (Å²) in [5.41, 5.74) is 1.84. The van der Waals surface area contributed by atoms with Gasteiger partial charge in [-0.3, -0.25) is 9.59 Å². The molecule has 0 saturated heterocycles. The maximum absolute atomic E-state index is 13.6. The molecule has 4 aromatic rings. The van der Waals surface area contributed by atoms with Crippen molar-refractivity contribution in [1.29, 1.82) is 0 Å². The molecule has 16 heteroatoms. The van der Waals surface area contributed by atoms with Crippen LogP contribution >= 0.6 is 0 Å². The molecule has 2 N–H and O–H groups in total. The van der Waals surface area contributed by atoms with Crippen LogP contribution in [0.5, 0.6) is 5.75 Å². The minimum atomic E-state index is -5.08. The van der Waals surface area contributed by atoms with Crippen LogP contribution in [0.4, 0.5) is 17.6 Å². The molecule has 5 rings (SSSR count). The van der Waals surface area contributed by atoms with Gasteiger partial charge < -0.3 is 15.4 Å². The highest BCUT2D eigenvalue weighted by molar-refractivity contribution is 5.97. The largest absolute Gasteiger partial charge is 0.573 e. The molecule has 12 nitrogen and oxygen atoms in total. The molecule has 0 spiro atoms. The fourth-order valence-corrected chi connectivity index (χ4v) is 4.33. The van der Waals surface area contributed by atoms with Gasteiger partial charge in [0.25, 0.3) is 11.8 Å². The van der Waals surface area contributed by atoms with Gasteiger partial charge in [0.05, 0.1) is 11.7 Å². The van der Waals surface area contributed by atoms with Crippen LogP contribution in [0.25, 0.3) is 5.69 Å². The van der Waals surface area contributed by atoms with E-state index in [4.69, 9.17) is 0 Å². The van der Waals surface area contributed by atoms with Crippen molar-refractivity contribution in [2.75, 3.05) is 0 Å². The molecule has 0 bridgehead atoms. The molecule has 0 saturated carbocycles. The highest BCUT2D eigenvalue weighted by Crippen LogP contribution is 2.32. The Bertz CT molecular complexity index is 1700. The van der Waals surface area contributed by atoms with E-state index in [1.807, 2.05) is 6.07 Å². The van der Waals surface area contributed by atoms with Crippen molar-refractivity contribution in [2.24, 2.45) is 7.05 Å². The topological polar surface area (TPSA) is 146 Å². The number of hydrogen-bond donors (Lipinski definition) is 2. The molecule has 212 valence electrons. The van der Waals surface area contributed by atoms with Crippen molar-refractivity contribution in [3.8, 4) is 11.4 Å². The van der Waals surface area contributed by atoms with Crippen molar-refractivity contribution in [2.45, 2.75) is 31.8 Å². The average Bonchev–Trinajstić information content (AvgIpc) is 3.49. The van der Waals surface area contributed by atoms with Crippen molar-refractivity contribution in [3.63, 3.8) is 0 Å². The minimum absolute atomic E-state index is 0.0797. The quantitative estimate of drug-likeness (QED) is 0.321. The van der Waals surface area contributed by atoms with Crippen LogP contribution in [-0.2, 0) is 20.0 Å². The Morgan fingerprint density at radius 1 is 1.05 bits per heavy atom. The third kappa shape index (κ3) is 6.05. The molecular formula is C25H20F4N8O4. The van der Waals surface area contributed by atoms with Crippen LogP contribution in [0.1, 0.15) is 50.1 Å². The van der Waals surface area contributed by atoms with Crippen molar-refractivity contribution < 1.29 is 31.9 Å². The number of halogens is 4. The molecule has 2 aromatic heterocycles. The van der Waals surface area contributed by atoms with Crippen LogP contribution in [-0.4, -0.2) is 47.9 Å². The molecule has 0 unspecified atom stereocenters. The van der Waals surface area contributed by atoms with Gasteiger partial charge in [0.1, 0.15) is 17.7 Å². The second kappa shape index (κ2) is 10.8. The number of fused-ring (bicyclic) bond motifs is 1. The number of alkyl halides is 3. The molecule has 2 heterocycles. The number of hydrogen-bond acceptors (Lipinski definition) is 8. The lowest BCUT2D eigenvalue weighted by molar-refractivity contribution is -0.275. The van der Waals surface area contributed by atoms with Crippen LogP contribution in [0, 0.1) is 5.82 Å². The van der Waals surface area contributed by atoms with Gasteiger partial charge in [0.15, 0.2) is 11.6 Å². The summed E-state index contributed by atoms with van der Waals surface area (Å²) in [6.07, 6.45) is -2.82. The Hall–Kier alpha value is -5.15. The SMILES string of the molecule is Cn1nnn(-c2ccc3c(c2)CC[C@@H]3NC(=O)c2cc(C(=O)NCc3ccc(F)c(OC(F)(F)F)c3)ncn2)c1=O. The number of nitrogens with zero attached hydrogens (tertiary/aromatic N) is 6. The smallest absolute Gasteiger partial charge is 0.403 e. The van der Waals surface area contributed by atoms with E-state index in [0.29, 0.717) is 18.5 Å². The lowest BCUT2D eigenvalue weighted by atomic mass is 10.1. The first-order valence-electron chi connectivity index (χ1n) is 12.1. The highest BCUT2D eigenvalue weighted by Gasteiger charge is 2.32. The maximum Gasteiger partial charge on any atom is 0.573 e. The molecule has 2 aromatic carbocycles. The Kier molecular flexibility index (Phi) is 7.21. The van der Waals surface area contributed by atoms with Gasteiger partial charge in [-0.05, 0) is 64.2 Å². The van der Waals surface area contributed by atoms with E-state index in [-0.39, 0.29) is 29.5 Å². The minimum Gasteiger partial charge on any atom is -0.403 e. The summed E-state index contributed by atoms with van der Waals surface area (Å²) in [6.45, 7) is -0.263. The number of tetrazole rings is 1. The van der Waals surface area contributed by atoms with Crippen LogP contribution in [0.2, 0.25) is 0 Å². The fraction of sp³-hybridized carbons (Fsp3) is 0.240. The number of aromatic nitrogens is 6. The molecular weight excluding hydrogens is 552 g/mol. The number of carbonyl (C=O) groups is 2. The molecule has 0 aliphatic heterocycles. The summed E-state index contributed by atoms with van der Waals surface area (Å²) in [4.78, 5) is 45.5. The van der Waals surface area contributed by atoms with Crippen molar-refractivity contribution >= 4 is 11.8 Å². The summed E-state index contributed by atoms with van der Waals surface area (Å²) >= 11 is 0. The predicted octanol–water partition coefficient (Wildman–Crippen LogP) is 2.14. The van der Waals surface area contributed by atoms with Gasteiger partial charge >= 0.3 is 12.1 Å². The predicted molar refractivity (Wildman–Crippen MR) is 131 cm³/mol. The summed E-state index contributed by atoms with van der Waals surface area (Å²) < 4.78 is 56.9.